The van der Waals surface area contributed by atoms with Crippen molar-refractivity contribution < 1.29 is 13.2 Å². The van der Waals surface area contributed by atoms with E-state index in [1.807, 2.05) is 0 Å². The Bertz CT molecular complexity index is 852. The molecule has 0 saturated carbocycles. The third-order valence-electron chi connectivity index (χ3n) is 3.71. The van der Waals surface area contributed by atoms with Gasteiger partial charge in [-0.15, -0.1) is 0 Å². The van der Waals surface area contributed by atoms with E-state index in [1.165, 1.54) is 24.3 Å². The fourth-order valence-electron chi connectivity index (χ4n) is 2.56. The number of carbonyl (C=O) groups excluding carboxylic acids is 1. The predicted molar refractivity (Wildman–Crippen MR) is 94.0 cm³/mol. The molecule has 0 aromatic heterocycles. The molecule has 8 heteroatoms. The largest absolute Gasteiger partial charge is 0.311 e. The lowest BCUT2D eigenvalue weighted by atomic mass is 10.3. The van der Waals surface area contributed by atoms with E-state index in [9.17, 15) is 13.2 Å². The predicted octanol–water partition coefficient (Wildman–Crippen LogP) is 3.08. The van der Waals surface area contributed by atoms with E-state index in [0.717, 1.165) is 0 Å². The average molecular weight is 385 g/mol. The molecule has 2 aromatic carbocycles. The summed E-state index contributed by atoms with van der Waals surface area (Å²) in [5.74, 6) is -0.138. The third kappa shape index (κ3) is 3.72. The Kier molecular flexibility index (Phi) is 4.83. The van der Waals surface area contributed by atoms with Gasteiger partial charge in [0.25, 0.3) is 0 Å². The highest BCUT2D eigenvalue weighted by molar-refractivity contribution is 7.89. The van der Waals surface area contributed by atoms with Gasteiger partial charge in [0.1, 0.15) is 0 Å². The molecule has 1 amide bonds. The maximum atomic E-state index is 12.4. The van der Waals surface area contributed by atoms with Gasteiger partial charge in [-0.25, -0.2) is 13.1 Å². The molecule has 1 heterocycles. The number of benzene rings is 2. The van der Waals surface area contributed by atoms with Crippen molar-refractivity contribution in [2.24, 2.45) is 0 Å². The molecule has 0 aliphatic carbocycles. The number of anilines is 1. The smallest absolute Gasteiger partial charge is 0.240 e. The Labute approximate surface area is 150 Å². The van der Waals surface area contributed by atoms with Crippen molar-refractivity contribution in [1.29, 1.82) is 0 Å². The van der Waals surface area contributed by atoms with Gasteiger partial charge in [-0.1, -0.05) is 23.2 Å². The van der Waals surface area contributed by atoms with Crippen LogP contribution in [0.3, 0.4) is 0 Å². The normalized spacial score (nSPS) is 18.2. The lowest BCUT2D eigenvalue weighted by molar-refractivity contribution is -0.117. The Hall–Kier alpha value is -1.60. The van der Waals surface area contributed by atoms with E-state index in [4.69, 9.17) is 23.2 Å². The number of amides is 1. The molecule has 0 bridgehead atoms. The maximum Gasteiger partial charge on any atom is 0.240 e. The molecule has 3 rings (SSSR count). The first kappa shape index (κ1) is 17.2. The monoisotopic (exact) mass is 384 g/mol. The zero-order valence-electron chi connectivity index (χ0n) is 12.4. The van der Waals surface area contributed by atoms with Gasteiger partial charge in [-0.3, -0.25) is 4.79 Å². The number of rotatable bonds is 4. The quantitative estimate of drug-likeness (QED) is 0.880. The molecule has 0 spiro atoms. The van der Waals surface area contributed by atoms with Crippen LogP contribution < -0.4 is 9.62 Å². The zero-order valence-corrected chi connectivity index (χ0v) is 14.8. The Morgan fingerprint density at radius 1 is 0.958 bits per heavy atom. The summed E-state index contributed by atoms with van der Waals surface area (Å²) in [6, 6.07) is 12.2. The molecule has 1 N–H and O–H groups in total. The Morgan fingerprint density at radius 3 is 2.08 bits per heavy atom. The van der Waals surface area contributed by atoms with Crippen LogP contribution in [-0.4, -0.2) is 26.9 Å². The topological polar surface area (TPSA) is 66.5 Å². The molecule has 2 aromatic rings. The van der Waals surface area contributed by atoms with Gasteiger partial charge >= 0.3 is 0 Å². The highest BCUT2D eigenvalue weighted by Gasteiger charge is 2.33. The van der Waals surface area contributed by atoms with Crippen LogP contribution in [-0.2, 0) is 14.8 Å². The van der Waals surface area contributed by atoms with Gasteiger partial charge in [0.2, 0.25) is 15.9 Å². The number of hydrogen-bond donors (Lipinski definition) is 1. The number of hydrogen-bond acceptors (Lipinski definition) is 3. The number of carbonyl (C=O) groups is 1. The minimum atomic E-state index is -3.70. The van der Waals surface area contributed by atoms with E-state index in [0.29, 0.717) is 15.7 Å². The summed E-state index contributed by atoms with van der Waals surface area (Å²) < 4.78 is 27.4. The van der Waals surface area contributed by atoms with E-state index >= 15 is 0 Å². The SMILES string of the molecule is O=C1C[C@H](NS(=O)(=O)c2ccc(Cl)cc2)CN1c1ccc(Cl)cc1. The molecule has 1 fully saturated rings. The van der Waals surface area contributed by atoms with Crippen molar-refractivity contribution in [2.75, 3.05) is 11.4 Å². The third-order valence-corrected chi connectivity index (χ3v) is 5.75. The Balaban J connectivity index is 1.74. The molecular formula is C16H14Cl2N2O3S. The van der Waals surface area contributed by atoms with Gasteiger partial charge in [0.05, 0.1) is 4.90 Å². The maximum absolute atomic E-state index is 12.4. The summed E-state index contributed by atoms with van der Waals surface area (Å²) in [5, 5.41) is 1.03. The van der Waals surface area contributed by atoms with Crippen molar-refractivity contribution in [3.8, 4) is 0 Å². The average Bonchev–Trinajstić information content (AvgIpc) is 2.88. The van der Waals surface area contributed by atoms with Crippen molar-refractivity contribution in [1.82, 2.24) is 4.72 Å². The van der Waals surface area contributed by atoms with Gasteiger partial charge in [-0.2, -0.15) is 0 Å². The van der Waals surface area contributed by atoms with E-state index in [2.05, 4.69) is 4.72 Å². The highest BCUT2D eigenvalue weighted by Crippen LogP contribution is 2.24. The summed E-state index contributed by atoms with van der Waals surface area (Å²) in [6.45, 7) is 0.271. The minimum absolute atomic E-state index is 0.107. The molecule has 1 aliphatic rings. The molecule has 5 nitrogen and oxygen atoms in total. The van der Waals surface area contributed by atoms with Gasteiger partial charge < -0.3 is 4.90 Å². The van der Waals surface area contributed by atoms with Crippen LogP contribution >= 0.6 is 23.2 Å². The van der Waals surface area contributed by atoms with Crippen LogP contribution in [0.2, 0.25) is 10.0 Å². The lowest BCUT2D eigenvalue weighted by Crippen LogP contribution is -2.37. The number of sulfonamides is 1. The van der Waals surface area contributed by atoms with E-state index in [-0.39, 0.29) is 23.8 Å². The van der Waals surface area contributed by atoms with Crippen LogP contribution in [0.4, 0.5) is 5.69 Å². The molecule has 0 unspecified atom stereocenters. The summed E-state index contributed by atoms with van der Waals surface area (Å²) in [7, 11) is -3.70. The fourth-order valence-corrected chi connectivity index (χ4v) is 4.04. The molecule has 0 radical (unpaired) electrons. The lowest BCUT2D eigenvalue weighted by Gasteiger charge is -2.17. The van der Waals surface area contributed by atoms with Crippen LogP contribution in [0.5, 0.6) is 0 Å². The summed E-state index contributed by atoms with van der Waals surface area (Å²) in [4.78, 5) is 13.8. The molecule has 24 heavy (non-hydrogen) atoms. The molecular weight excluding hydrogens is 371 g/mol. The molecule has 1 aliphatic heterocycles. The second-order valence-corrected chi connectivity index (χ2v) is 8.04. The zero-order chi connectivity index (χ0) is 17.3. The first-order valence-corrected chi connectivity index (χ1v) is 9.43. The molecule has 1 saturated heterocycles. The summed E-state index contributed by atoms with van der Waals surface area (Å²) in [6.07, 6.45) is 0.107. The van der Waals surface area contributed by atoms with Gasteiger partial charge in [0.15, 0.2) is 0 Å². The molecule has 1 atom stereocenters. The summed E-state index contributed by atoms with van der Waals surface area (Å²) >= 11 is 11.6. The van der Waals surface area contributed by atoms with E-state index in [1.54, 1.807) is 29.2 Å². The van der Waals surface area contributed by atoms with E-state index < -0.39 is 16.1 Å². The van der Waals surface area contributed by atoms with Crippen molar-refractivity contribution in [3.05, 3.63) is 58.6 Å². The van der Waals surface area contributed by atoms with Crippen molar-refractivity contribution in [2.45, 2.75) is 17.4 Å². The highest BCUT2D eigenvalue weighted by atomic mass is 35.5. The van der Waals surface area contributed by atoms with Crippen LogP contribution in [0.1, 0.15) is 6.42 Å². The van der Waals surface area contributed by atoms with Gasteiger partial charge in [0, 0.05) is 34.7 Å². The number of halogens is 2. The number of nitrogens with one attached hydrogen (secondary N) is 1. The van der Waals surface area contributed by atoms with Gasteiger partial charge in [-0.05, 0) is 48.5 Å². The standard InChI is InChI=1S/C16H14Cl2N2O3S/c17-11-1-5-14(6-2-11)20-10-13(9-16(20)21)19-24(22,23)15-7-3-12(18)4-8-15/h1-8,13,19H,9-10H2/t13-/m0/s1. The first-order chi connectivity index (χ1) is 11.3. The minimum Gasteiger partial charge on any atom is -0.311 e. The van der Waals surface area contributed by atoms with Crippen LogP contribution in [0, 0.1) is 0 Å². The number of nitrogens with zero attached hydrogens (tertiary/aromatic N) is 1. The van der Waals surface area contributed by atoms with Crippen molar-refractivity contribution >= 4 is 44.8 Å². The summed E-state index contributed by atoms with van der Waals surface area (Å²) in [5.41, 5.74) is 0.692. The fraction of sp³-hybridized carbons (Fsp3) is 0.188. The second-order valence-electron chi connectivity index (χ2n) is 5.46. The van der Waals surface area contributed by atoms with Crippen LogP contribution in [0.25, 0.3) is 0 Å². The van der Waals surface area contributed by atoms with Crippen LogP contribution in [0.15, 0.2) is 53.4 Å². The molecule has 126 valence electrons. The Morgan fingerprint density at radius 2 is 1.50 bits per heavy atom. The first-order valence-electron chi connectivity index (χ1n) is 7.19. The second kappa shape index (κ2) is 6.72. The van der Waals surface area contributed by atoms with Crippen molar-refractivity contribution in [3.63, 3.8) is 0 Å².